The van der Waals surface area contributed by atoms with Crippen LogP contribution in [-0.4, -0.2) is 14.9 Å². The van der Waals surface area contributed by atoms with Crippen molar-refractivity contribution >= 4 is 11.6 Å². The van der Waals surface area contributed by atoms with Crippen LogP contribution in [0.1, 0.15) is 41.9 Å². The standard InChI is InChI=1S/C20H21N3O3/c1-11-7-9-12(10-8-11)15-16-13(5-4-6-14(16)24)21-18-17(15)19(25)23(3)20(26)22(18)2/h7-10,15,21H,4-6H2,1-3H3/t15-/m0/s1. The van der Waals surface area contributed by atoms with E-state index in [1.165, 1.54) is 11.6 Å². The summed E-state index contributed by atoms with van der Waals surface area (Å²) in [7, 11) is 3.12. The minimum Gasteiger partial charge on any atom is -0.344 e. The zero-order valence-corrected chi connectivity index (χ0v) is 15.1. The smallest absolute Gasteiger partial charge is 0.332 e. The van der Waals surface area contributed by atoms with Crippen molar-refractivity contribution in [3.63, 3.8) is 0 Å². The molecule has 2 aliphatic rings. The SMILES string of the molecule is Cc1ccc([C@H]2C3=C(CCCC3=O)Nc3c2c(=O)n(C)c(=O)n3C)cc1. The summed E-state index contributed by atoms with van der Waals surface area (Å²) in [6.45, 7) is 2.00. The molecule has 4 rings (SSSR count). The molecule has 26 heavy (non-hydrogen) atoms. The molecule has 0 saturated carbocycles. The Morgan fingerprint density at radius 2 is 1.69 bits per heavy atom. The molecule has 0 fully saturated rings. The van der Waals surface area contributed by atoms with E-state index >= 15 is 0 Å². The molecule has 0 saturated heterocycles. The first-order chi connectivity index (χ1) is 12.4. The molecular formula is C20H21N3O3. The quantitative estimate of drug-likeness (QED) is 0.852. The van der Waals surface area contributed by atoms with Crippen molar-refractivity contribution in [1.82, 2.24) is 9.13 Å². The number of hydrogen-bond acceptors (Lipinski definition) is 4. The number of rotatable bonds is 1. The lowest BCUT2D eigenvalue weighted by atomic mass is 9.76. The zero-order valence-electron chi connectivity index (χ0n) is 15.1. The van der Waals surface area contributed by atoms with Crippen LogP contribution in [0.15, 0.2) is 45.1 Å². The van der Waals surface area contributed by atoms with E-state index in [0.29, 0.717) is 23.4 Å². The van der Waals surface area contributed by atoms with Gasteiger partial charge in [-0.3, -0.25) is 18.7 Å². The van der Waals surface area contributed by atoms with Crippen molar-refractivity contribution in [2.45, 2.75) is 32.1 Å². The van der Waals surface area contributed by atoms with E-state index in [-0.39, 0.29) is 17.0 Å². The Labute approximate surface area is 150 Å². The van der Waals surface area contributed by atoms with Crippen LogP contribution in [0.4, 0.5) is 5.82 Å². The van der Waals surface area contributed by atoms with E-state index in [9.17, 15) is 14.4 Å². The summed E-state index contributed by atoms with van der Waals surface area (Å²) in [5.74, 6) is 0.128. The van der Waals surface area contributed by atoms with Gasteiger partial charge in [-0.1, -0.05) is 29.8 Å². The fraction of sp³-hybridized carbons (Fsp3) is 0.350. The van der Waals surface area contributed by atoms with Gasteiger partial charge in [-0.2, -0.15) is 0 Å². The predicted octanol–water partition coefficient (Wildman–Crippen LogP) is 1.96. The third-order valence-electron chi connectivity index (χ3n) is 5.41. The van der Waals surface area contributed by atoms with E-state index in [4.69, 9.17) is 0 Å². The lowest BCUT2D eigenvalue weighted by Gasteiger charge is -2.34. The van der Waals surface area contributed by atoms with Crippen LogP contribution in [-0.2, 0) is 18.9 Å². The van der Waals surface area contributed by atoms with Crippen molar-refractivity contribution in [1.29, 1.82) is 0 Å². The predicted molar refractivity (Wildman–Crippen MR) is 99.5 cm³/mol. The van der Waals surface area contributed by atoms with Crippen LogP contribution in [0.3, 0.4) is 0 Å². The van der Waals surface area contributed by atoms with Gasteiger partial charge in [-0.25, -0.2) is 4.79 Å². The number of benzene rings is 1. The molecule has 1 aromatic carbocycles. The molecule has 134 valence electrons. The molecule has 6 nitrogen and oxygen atoms in total. The number of nitrogens with one attached hydrogen (secondary N) is 1. The summed E-state index contributed by atoms with van der Waals surface area (Å²) < 4.78 is 2.57. The van der Waals surface area contributed by atoms with Crippen molar-refractivity contribution in [3.8, 4) is 0 Å². The van der Waals surface area contributed by atoms with Gasteiger partial charge < -0.3 is 5.32 Å². The molecule has 2 heterocycles. The van der Waals surface area contributed by atoms with Crippen molar-refractivity contribution < 1.29 is 4.79 Å². The first-order valence-corrected chi connectivity index (χ1v) is 8.80. The summed E-state index contributed by atoms with van der Waals surface area (Å²) in [6.07, 6.45) is 2.01. The largest absolute Gasteiger partial charge is 0.344 e. The minimum atomic E-state index is -0.444. The zero-order chi connectivity index (χ0) is 18.6. The number of aryl methyl sites for hydroxylation is 1. The van der Waals surface area contributed by atoms with Crippen LogP contribution in [0, 0.1) is 6.92 Å². The van der Waals surface area contributed by atoms with E-state index in [1.807, 2.05) is 31.2 Å². The second-order valence-electron chi connectivity index (χ2n) is 7.11. The molecule has 1 aromatic heterocycles. The van der Waals surface area contributed by atoms with Crippen molar-refractivity contribution in [2.24, 2.45) is 14.1 Å². The number of carbonyl (C=O) groups excluding carboxylic acids is 1. The highest BCUT2D eigenvalue weighted by atomic mass is 16.2. The number of anilines is 1. The Kier molecular flexibility index (Phi) is 3.72. The van der Waals surface area contributed by atoms with Gasteiger partial charge in [0, 0.05) is 37.7 Å². The summed E-state index contributed by atoms with van der Waals surface area (Å²) in [5, 5.41) is 3.23. The molecule has 1 atom stereocenters. The Morgan fingerprint density at radius 1 is 1.00 bits per heavy atom. The lowest BCUT2D eigenvalue weighted by molar-refractivity contribution is -0.116. The van der Waals surface area contributed by atoms with Crippen molar-refractivity contribution in [3.05, 3.63) is 73.1 Å². The number of fused-ring (bicyclic) bond motifs is 1. The molecule has 1 N–H and O–H groups in total. The Bertz CT molecular complexity index is 1070. The average Bonchev–Trinajstić information content (AvgIpc) is 2.64. The van der Waals surface area contributed by atoms with Gasteiger partial charge in [0.25, 0.3) is 5.56 Å². The van der Waals surface area contributed by atoms with Crippen LogP contribution < -0.4 is 16.6 Å². The summed E-state index contributed by atoms with van der Waals surface area (Å²) in [4.78, 5) is 38.1. The normalized spacial score (nSPS) is 19.0. The van der Waals surface area contributed by atoms with Gasteiger partial charge in [-0.15, -0.1) is 0 Å². The molecule has 1 aliphatic heterocycles. The number of ketones is 1. The molecule has 0 unspecified atom stereocenters. The lowest BCUT2D eigenvalue weighted by Crippen LogP contribution is -2.44. The molecule has 0 radical (unpaired) electrons. The summed E-state index contributed by atoms with van der Waals surface area (Å²) in [5.41, 5.74) is 3.25. The Hall–Kier alpha value is -2.89. The van der Waals surface area contributed by atoms with Crippen LogP contribution >= 0.6 is 0 Å². The fourth-order valence-corrected chi connectivity index (χ4v) is 3.99. The van der Waals surface area contributed by atoms with Gasteiger partial charge in [0.05, 0.1) is 5.56 Å². The van der Waals surface area contributed by atoms with Crippen LogP contribution in [0.2, 0.25) is 0 Å². The maximum Gasteiger partial charge on any atom is 0.332 e. The average molecular weight is 351 g/mol. The first-order valence-electron chi connectivity index (χ1n) is 8.80. The minimum absolute atomic E-state index is 0.0749. The number of allylic oxidation sites excluding steroid dienone is 2. The maximum atomic E-state index is 13.0. The second-order valence-corrected chi connectivity index (χ2v) is 7.11. The number of nitrogens with zero attached hydrogens (tertiary/aromatic N) is 2. The topological polar surface area (TPSA) is 73.1 Å². The number of carbonyl (C=O) groups is 1. The molecule has 6 heteroatoms. The third-order valence-corrected chi connectivity index (χ3v) is 5.41. The highest BCUT2D eigenvalue weighted by molar-refractivity contribution is 6.00. The van der Waals surface area contributed by atoms with E-state index in [0.717, 1.165) is 34.2 Å². The molecule has 0 spiro atoms. The van der Waals surface area contributed by atoms with Gasteiger partial charge >= 0.3 is 5.69 Å². The monoisotopic (exact) mass is 351 g/mol. The maximum absolute atomic E-state index is 13.0. The van der Waals surface area contributed by atoms with Crippen LogP contribution in [0.5, 0.6) is 0 Å². The Morgan fingerprint density at radius 3 is 2.38 bits per heavy atom. The molecule has 1 aliphatic carbocycles. The van der Waals surface area contributed by atoms with E-state index in [2.05, 4.69) is 5.32 Å². The molecule has 0 bridgehead atoms. The van der Waals surface area contributed by atoms with Gasteiger partial charge in [0.2, 0.25) is 0 Å². The fourth-order valence-electron chi connectivity index (χ4n) is 3.99. The molecular weight excluding hydrogens is 330 g/mol. The van der Waals surface area contributed by atoms with Crippen LogP contribution in [0.25, 0.3) is 0 Å². The van der Waals surface area contributed by atoms with E-state index < -0.39 is 5.92 Å². The number of aromatic nitrogens is 2. The second kappa shape index (κ2) is 5.83. The summed E-state index contributed by atoms with van der Waals surface area (Å²) >= 11 is 0. The Balaban J connectivity index is 2.08. The third kappa shape index (κ3) is 2.29. The molecule has 2 aromatic rings. The van der Waals surface area contributed by atoms with Gasteiger partial charge in [-0.05, 0) is 25.3 Å². The molecule has 0 amide bonds. The highest BCUT2D eigenvalue weighted by Gasteiger charge is 2.38. The van der Waals surface area contributed by atoms with Gasteiger partial charge in [0.15, 0.2) is 5.78 Å². The van der Waals surface area contributed by atoms with E-state index in [1.54, 1.807) is 7.05 Å². The number of Topliss-reactive ketones (excluding diaryl/α,β-unsaturated/α-hetero) is 1. The summed E-state index contributed by atoms with van der Waals surface area (Å²) in [6, 6.07) is 7.90. The highest BCUT2D eigenvalue weighted by Crippen LogP contribution is 2.43. The van der Waals surface area contributed by atoms with Gasteiger partial charge in [0.1, 0.15) is 5.82 Å². The first kappa shape index (κ1) is 16.6. The van der Waals surface area contributed by atoms with Crippen molar-refractivity contribution in [2.75, 3.05) is 5.32 Å². The number of hydrogen-bond donors (Lipinski definition) is 1.